The van der Waals surface area contributed by atoms with Gasteiger partial charge in [0.1, 0.15) is 5.69 Å². The molecule has 1 fully saturated rings. The van der Waals surface area contributed by atoms with E-state index in [-0.39, 0.29) is 11.6 Å². The van der Waals surface area contributed by atoms with Gasteiger partial charge in [0.25, 0.3) is 5.91 Å². The number of aryl methyl sites for hydroxylation is 1. The van der Waals surface area contributed by atoms with Crippen molar-refractivity contribution in [2.45, 2.75) is 19.4 Å². The van der Waals surface area contributed by atoms with Crippen molar-refractivity contribution in [3.63, 3.8) is 0 Å². The molecule has 1 unspecified atom stereocenters. The fraction of sp³-hybridized carbons (Fsp3) is 0.350. The monoisotopic (exact) mass is 397 g/mol. The minimum Gasteiger partial charge on any atom is -0.370 e. The number of rotatable bonds is 5. The van der Waals surface area contributed by atoms with Gasteiger partial charge in [0, 0.05) is 42.0 Å². The molecule has 1 aromatic carbocycles. The number of nitrogens with one attached hydrogen (secondary N) is 1. The second kappa shape index (κ2) is 7.73. The van der Waals surface area contributed by atoms with E-state index in [2.05, 4.69) is 39.4 Å². The van der Waals surface area contributed by atoms with Gasteiger partial charge in [-0.15, -0.1) is 11.3 Å². The molecule has 0 spiro atoms. The average Bonchev–Trinajstić information content (AvgIpc) is 3.42. The number of aromatic nitrogens is 2. The predicted octanol–water partition coefficient (Wildman–Crippen LogP) is 3.50. The average molecular weight is 398 g/mol. The van der Waals surface area contributed by atoms with Crippen LogP contribution >= 0.6 is 11.3 Å². The van der Waals surface area contributed by atoms with Crippen LogP contribution in [0.1, 0.15) is 21.9 Å². The van der Waals surface area contributed by atoms with Gasteiger partial charge in [-0.3, -0.25) is 4.79 Å². The molecule has 28 heavy (non-hydrogen) atoms. The molecular weight excluding hydrogens is 374 g/mol. The first-order valence-electron chi connectivity index (χ1n) is 9.21. The van der Waals surface area contributed by atoms with Gasteiger partial charge in [0.2, 0.25) is 0 Å². The van der Waals surface area contributed by atoms with E-state index < -0.39 is 0 Å². The topological polar surface area (TPSA) is 74.5 Å². The Labute approximate surface area is 168 Å². The Balaban J connectivity index is 1.39. The zero-order valence-electron chi connectivity index (χ0n) is 16.2. The minimum atomic E-state index is -0.302. The summed E-state index contributed by atoms with van der Waals surface area (Å²) in [4.78, 5) is 21.4. The maximum Gasteiger partial charge on any atom is 0.277 e. The summed E-state index contributed by atoms with van der Waals surface area (Å²) in [7, 11) is 4.25. The maximum atomic E-state index is 12.5. The molecular formula is C20H23N5O2S. The van der Waals surface area contributed by atoms with Crippen molar-refractivity contribution in [2.75, 3.05) is 37.4 Å². The van der Waals surface area contributed by atoms with Crippen molar-refractivity contribution >= 4 is 28.6 Å². The van der Waals surface area contributed by atoms with Crippen LogP contribution in [0.2, 0.25) is 0 Å². The van der Waals surface area contributed by atoms with Crippen LogP contribution in [0.15, 0.2) is 40.2 Å². The lowest BCUT2D eigenvalue weighted by Crippen LogP contribution is -2.31. The zero-order valence-corrected chi connectivity index (χ0v) is 17.0. The number of hydrogen-bond donors (Lipinski definition) is 1. The Morgan fingerprint density at radius 1 is 1.32 bits per heavy atom. The third-order valence-corrected chi connectivity index (χ3v) is 5.77. The molecule has 1 saturated heterocycles. The first kappa shape index (κ1) is 18.6. The number of carbonyl (C=O) groups is 1. The first-order valence-corrected chi connectivity index (χ1v) is 10.1. The second-order valence-corrected chi connectivity index (χ2v) is 8.24. The van der Waals surface area contributed by atoms with Crippen LogP contribution in [-0.2, 0) is 0 Å². The highest BCUT2D eigenvalue weighted by Crippen LogP contribution is 2.25. The van der Waals surface area contributed by atoms with Crippen LogP contribution in [0, 0.1) is 6.92 Å². The number of likely N-dealkylation sites (N-methyl/N-ethyl adjacent to an activating group) is 1. The van der Waals surface area contributed by atoms with E-state index in [1.54, 1.807) is 6.07 Å². The fourth-order valence-corrected chi connectivity index (χ4v) is 3.93. The number of benzene rings is 1. The molecule has 4 rings (SSSR count). The predicted molar refractivity (Wildman–Crippen MR) is 111 cm³/mol. The molecule has 1 atom stereocenters. The van der Waals surface area contributed by atoms with Gasteiger partial charge in [0.05, 0.1) is 5.01 Å². The van der Waals surface area contributed by atoms with Crippen LogP contribution < -0.4 is 10.2 Å². The molecule has 8 heteroatoms. The molecule has 0 aliphatic carbocycles. The van der Waals surface area contributed by atoms with E-state index >= 15 is 0 Å². The van der Waals surface area contributed by atoms with Crippen LogP contribution in [0.25, 0.3) is 11.5 Å². The number of nitrogens with zero attached hydrogens (tertiary/aromatic N) is 4. The minimum absolute atomic E-state index is 0.234. The van der Waals surface area contributed by atoms with Crippen LogP contribution in [0.5, 0.6) is 0 Å². The molecule has 146 valence electrons. The number of carbonyl (C=O) groups excluding carboxylic acids is 1. The Hall–Kier alpha value is -2.71. The van der Waals surface area contributed by atoms with Gasteiger partial charge in [-0.1, -0.05) is 5.16 Å². The van der Waals surface area contributed by atoms with E-state index in [0.29, 0.717) is 17.5 Å². The number of hydrogen-bond acceptors (Lipinski definition) is 7. The molecule has 0 saturated carbocycles. The van der Waals surface area contributed by atoms with Gasteiger partial charge < -0.3 is 19.6 Å². The summed E-state index contributed by atoms with van der Waals surface area (Å²) in [6.45, 7) is 3.99. The summed E-state index contributed by atoms with van der Waals surface area (Å²) in [6.07, 6.45) is 1.17. The maximum absolute atomic E-state index is 12.5. The largest absolute Gasteiger partial charge is 0.370 e. The van der Waals surface area contributed by atoms with Crippen molar-refractivity contribution in [1.29, 1.82) is 0 Å². The first-order chi connectivity index (χ1) is 13.5. The van der Waals surface area contributed by atoms with Crippen LogP contribution in [0.3, 0.4) is 0 Å². The van der Waals surface area contributed by atoms with E-state index in [9.17, 15) is 4.79 Å². The summed E-state index contributed by atoms with van der Waals surface area (Å²) >= 11 is 1.53. The van der Waals surface area contributed by atoms with Crippen molar-refractivity contribution in [1.82, 2.24) is 15.0 Å². The highest BCUT2D eigenvalue weighted by Gasteiger charge is 2.24. The molecule has 2 aromatic heterocycles. The highest BCUT2D eigenvalue weighted by molar-refractivity contribution is 7.09. The second-order valence-electron chi connectivity index (χ2n) is 7.18. The van der Waals surface area contributed by atoms with Crippen LogP contribution in [-0.4, -0.2) is 54.2 Å². The lowest BCUT2D eigenvalue weighted by molar-refractivity contribution is 0.101. The standard InChI is InChI=1S/C20H23N5O2S/c1-13-21-18(12-28-13)19-10-17(23-27-19)20(26)22-14-4-6-15(7-5-14)25-9-8-16(11-25)24(2)3/h4-7,10,12,16H,8-9,11H2,1-3H3,(H,22,26). The van der Waals surface area contributed by atoms with E-state index in [1.807, 2.05) is 36.6 Å². The van der Waals surface area contributed by atoms with Crippen molar-refractivity contribution in [3.05, 3.63) is 46.4 Å². The third-order valence-electron chi connectivity index (χ3n) is 5.00. The normalized spacial score (nSPS) is 16.7. The van der Waals surface area contributed by atoms with Gasteiger partial charge >= 0.3 is 0 Å². The molecule has 3 aromatic rings. The number of amides is 1. The summed E-state index contributed by atoms with van der Waals surface area (Å²) in [5, 5.41) is 9.56. The van der Waals surface area contributed by atoms with E-state index in [4.69, 9.17) is 4.52 Å². The summed E-state index contributed by atoms with van der Waals surface area (Å²) in [5.41, 5.74) is 2.83. The zero-order chi connectivity index (χ0) is 19.7. The Morgan fingerprint density at radius 3 is 2.75 bits per heavy atom. The molecule has 0 radical (unpaired) electrons. The Kier molecular flexibility index (Phi) is 5.15. The third kappa shape index (κ3) is 3.93. The Morgan fingerprint density at radius 2 is 2.11 bits per heavy atom. The number of thiazole rings is 1. The molecule has 3 heterocycles. The summed E-state index contributed by atoms with van der Waals surface area (Å²) < 4.78 is 5.26. The number of anilines is 2. The molecule has 1 amide bonds. The molecule has 1 aliphatic rings. The van der Waals surface area contributed by atoms with Crippen molar-refractivity contribution in [2.24, 2.45) is 0 Å². The molecule has 7 nitrogen and oxygen atoms in total. The van der Waals surface area contributed by atoms with Crippen molar-refractivity contribution < 1.29 is 9.32 Å². The van der Waals surface area contributed by atoms with Gasteiger partial charge in [-0.05, 0) is 51.7 Å². The van der Waals surface area contributed by atoms with Gasteiger partial charge in [-0.2, -0.15) is 0 Å². The molecule has 1 aliphatic heterocycles. The lowest BCUT2D eigenvalue weighted by Gasteiger charge is -2.22. The van der Waals surface area contributed by atoms with E-state index in [1.165, 1.54) is 23.4 Å². The SMILES string of the molecule is Cc1nc(-c2cc(C(=O)Nc3ccc(N4CCC(N(C)C)C4)cc3)no2)cs1. The van der Waals surface area contributed by atoms with E-state index in [0.717, 1.165) is 23.8 Å². The van der Waals surface area contributed by atoms with Gasteiger partial charge in [0.15, 0.2) is 11.5 Å². The van der Waals surface area contributed by atoms with Gasteiger partial charge in [-0.25, -0.2) is 4.98 Å². The fourth-order valence-electron chi connectivity index (χ4n) is 3.33. The van der Waals surface area contributed by atoms with Crippen molar-refractivity contribution in [3.8, 4) is 11.5 Å². The summed E-state index contributed by atoms with van der Waals surface area (Å²) in [5.74, 6) is 0.192. The highest BCUT2D eigenvalue weighted by atomic mass is 32.1. The smallest absolute Gasteiger partial charge is 0.277 e. The molecule has 0 bridgehead atoms. The molecule has 1 N–H and O–H groups in total. The van der Waals surface area contributed by atoms with Crippen LogP contribution in [0.4, 0.5) is 11.4 Å². The quantitative estimate of drug-likeness (QED) is 0.710. The lowest BCUT2D eigenvalue weighted by atomic mass is 10.2. The Bertz CT molecular complexity index is 963. The summed E-state index contributed by atoms with van der Waals surface area (Å²) in [6, 6.07) is 10.1.